The van der Waals surface area contributed by atoms with Crippen LogP contribution in [0.25, 0.3) is 0 Å². The third-order valence-corrected chi connectivity index (χ3v) is 2.80. The van der Waals surface area contributed by atoms with Gasteiger partial charge in [-0.3, -0.25) is 4.79 Å². The maximum atomic E-state index is 11.5. The number of hydrogen-bond acceptors (Lipinski definition) is 1. The number of rotatable bonds is 5. The molecule has 88 valence electrons. The minimum atomic E-state index is 0.0835. The third-order valence-electron chi connectivity index (χ3n) is 2.49. The number of nitrogens with zero attached hydrogens (tertiary/aromatic N) is 1. The van der Waals surface area contributed by atoms with E-state index in [0.717, 1.165) is 30.6 Å². The maximum Gasteiger partial charge on any atom is 0.223 e. The molecule has 0 heterocycles. The topological polar surface area (TPSA) is 20.3 Å². The van der Waals surface area contributed by atoms with E-state index in [4.69, 9.17) is 11.6 Å². The van der Waals surface area contributed by atoms with Crippen molar-refractivity contribution in [2.75, 3.05) is 11.4 Å². The molecule has 0 saturated carbocycles. The highest BCUT2D eigenvalue weighted by Crippen LogP contribution is 2.18. The predicted molar refractivity (Wildman–Crippen MR) is 68.9 cm³/mol. The number of anilines is 1. The fourth-order valence-corrected chi connectivity index (χ4v) is 1.76. The zero-order valence-electron chi connectivity index (χ0n) is 9.87. The molecule has 16 heavy (non-hydrogen) atoms. The van der Waals surface area contributed by atoms with Crippen LogP contribution in [0.4, 0.5) is 5.69 Å². The number of halogens is 1. The van der Waals surface area contributed by atoms with Crippen LogP contribution in [0.3, 0.4) is 0 Å². The average Bonchev–Trinajstić information content (AvgIpc) is 2.29. The SMILES string of the molecule is CCCCN(C(C)=O)c1cccc(CCl)c1. The van der Waals surface area contributed by atoms with E-state index in [1.165, 1.54) is 0 Å². The first kappa shape index (κ1) is 13.0. The van der Waals surface area contributed by atoms with Gasteiger partial charge in [0.15, 0.2) is 0 Å². The van der Waals surface area contributed by atoms with E-state index in [9.17, 15) is 4.79 Å². The number of unbranched alkanes of at least 4 members (excludes halogenated alkanes) is 1. The summed E-state index contributed by atoms with van der Waals surface area (Å²) in [7, 11) is 0. The number of benzene rings is 1. The molecule has 0 bridgehead atoms. The highest BCUT2D eigenvalue weighted by molar-refractivity contribution is 6.17. The van der Waals surface area contributed by atoms with Crippen molar-refractivity contribution in [3.05, 3.63) is 29.8 Å². The Morgan fingerprint density at radius 2 is 2.19 bits per heavy atom. The minimum Gasteiger partial charge on any atom is -0.313 e. The molecule has 0 fully saturated rings. The Bertz CT molecular complexity index is 352. The van der Waals surface area contributed by atoms with E-state index < -0.39 is 0 Å². The smallest absolute Gasteiger partial charge is 0.223 e. The Balaban J connectivity index is 2.87. The summed E-state index contributed by atoms with van der Waals surface area (Å²) < 4.78 is 0. The van der Waals surface area contributed by atoms with Crippen molar-refractivity contribution in [3.8, 4) is 0 Å². The maximum absolute atomic E-state index is 11.5. The number of hydrogen-bond donors (Lipinski definition) is 0. The van der Waals surface area contributed by atoms with E-state index in [0.29, 0.717) is 5.88 Å². The van der Waals surface area contributed by atoms with Gasteiger partial charge in [0.05, 0.1) is 0 Å². The normalized spacial score (nSPS) is 10.2. The lowest BCUT2D eigenvalue weighted by molar-refractivity contribution is -0.116. The Hall–Kier alpha value is -1.02. The fourth-order valence-electron chi connectivity index (χ4n) is 1.59. The molecule has 3 heteroatoms. The molecule has 0 atom stereocenters. The molecule has 0 aliphatic heterocycles. The molecule has 0 radical (unpaired) electrons. The molecular formula is C13H18ClNO. The largest absolute Gasteiger partial charge is 0.313 e. The van der Waals surface area contributed by atoms with Gasteiger partial charge in [0.25, 0.3) is 0 Å². The molecular weight excluding hydrogens is 222 g/mol. The molecule has 1 amide bonds. The van der Waals surface area contributed by atoms with Crippen LogP contribution in [0, 0.1) is 0 Å². The van der Waals surface area contributed by atoms with Gasteiger partial charge in [0.2, 0.25) is 5.91 Å². The van der Waals surface area contributed by atoms with E-state index in [-0.39, 0.29) is 5.91 Å². The van der Waals surface area contributed by atoms with Crippen LogP contribution in [0.15, 0.2) is 24.3 Å². The summed E-state index contributed by atoms with van der Waals surface area (Å²) in [6.07, 6.45) is 2.10. The van der Waals surface area contributed by atoms with Crippen LogP contribution in [-0.2, 0) is 10.7 Å². The van der Waals surface area contributed by atoms with Gasteiger partial charge >= 0.3 is 0 Å². The van der Waals surface area contributed by atoms with Gasteiger partial charge < -0.3 is 4.90 Å². The summed E-state index contributed by atoms with van der Waals surface area (Å²) in [5, 5.41) is 0. The molecule has 0 N–H and O–H groups in total. The summed E-state index contributed by atoms with van der Waals surface area (Å²) in [6, 6.07) is 7.83. The summed E-state index contributed by atoms with van der Waals surface area (Å²) >= 11 is 5.78. The first-order valence-corrected chi connectivity index (χ1v) is 6.15. The molecule has 1 aromatic rings. The zero-order chi connectivity index (χ0) is 12.0. The van der Waals surface area contributed by atoms with Crippen LogP contribution in [0.1, 0.15) is 32.3 Å². The Kier molecular flexibility index (Phi) is 5.33. The lowest BCUT2D eigenvalue weighted by Gasteiger charge is -2.21. The van der Waals surface area contributed by atoms with Crippen molar-refractivity contribution < 1.29 is 4.79 Å². The quantitative estimate of drug-likeness (QED) is 0.720. The van der Waals surface area contributed by atoms with Crippen molar-refractivity contribution >= 4 is 23.2 Å². The molecule has 1 aromatic carbocycles. The van der Waals surface area contributed by atoms with Gasteiger partial charge in [-0.15, -0.1) is 11.6 Å². The summed E-state index contributed by atoms with van der Waals surface area (Å²) in [4.78, 5) is 13.3. The molecule has 1 rings (SSSR count). The summed E-state index contributed by atoms with van der Waals surface area (Å²) in [5.41, 5.74) is 1.99. The van der Waals surface area contributed by atoms with Crippen molar-refractivity contribution in [2.24, 2.45) is 0 Å². The Morgan fingerprint density at radius 3 is 2.75 bits per heavy atom. The summed E-state index contributed by atoms with van der Waals surface area (Å²) in [6.45, 7) is 4.49. The van der Waals surface area contributed by atoms with Crippen molar-refractivity contribution in [3.63, 3.8) is 0 Å². The van der Waals surface area contributed by atoms with Crippen LogP contribution in [0.2, 0.25) is 0 Å². The second-order valence-corrected chi connectivity index (χ2v) is 4.10. The molecule has 0 aromatic heterocycles. The second kappa shape index (κ2) is 6.54. The first-order valence-electron chi connectivity index (χ1n) is 5.62. The molecule has 0 saturated heterocycles. The molecule has 0 spiro atoms. The van der Waals surface area contributed by atoms with Crippen LogP contribution >= 0.6 is 11.6 Å². The lowest BCUT2D eigenvalue weighted by Crippen LogP contribution is -2.29. The van der Waals surface area contributed by atoms with E-state index in [1.807, 2.05) is 24.3 Å². The third kappa shape index (κ3) is 3.53. The predicted octanol–water partition coefficient (Wildman–Crippen LogP) is 3.58. The van der Waals surface area contributed by atoms with Gasteiger partial charge in [-0.05, 0) is 24.1 Å². The van der Waals surface area contributed by atoms with Crippen molar-refractivity contribution in [1.29, 1.82) is 0 Å². The number of carbonyl (C=O) groups is 1. The molecule has 0 aliphatic rings. The van der Waals surface area contributed by atoms with E-state index in [1.54, 1.807) is 11.8 Å². The van der Waals surface area contributed by atoms with Crippen molar-refractivity contribution in [1.82, 2.24) is 0 Å². The van der Waals surface area contributed by atoms with E-state index in [2.05, 4.69) is 6.92 Å². The number of amides is 1. The average molecular weight is 240 g/mol. The standard InChI is InChI=1S/C13H18ClNO/c1-3-4-8-15(11(2)16)13-7-5-6-12(9-13)10-14/h5-7,9H,3-4,8,10H2,1-2H3. The Morgan fingerprint density at radius 1 is 1.44 bits per heavy atom. The van der Waals surface area contributed by atoms with Gasteiger partial charge in [-0.2, -0.15) is 0 Å². The molecule has 0 unspecified atom stereocenters. The highest BCUT2D eigenvalue weighted by atomic mass is 35.5. The minimum absolute atomic E-state index is 0.0835. The first-order chi connectivity index (χ1) is 7.69. The second-order valence-electron chi connectivity index (χ2n) is 3.83. The number of carbonyl (C=O) groups excluding carboxylic acids is 1. The number of alkyl halides is 1. The van der Waals surface area contributed by atoms with E-state index >= 15 is 0 Å². The van der Waals surface area contributed by atoms with Gasteiger partial charge in [0.1, 0.15) is 0 Å². The fraction of sp³-hybridized carbons (Fsp3) is 0.462. The molecule has 2 nitrogen and oxygen atoms in total. The zero-order valence-corrected chi connectivity index (χ0v) is 10.6. The van der Waals surface area contributed by atoms with Crippen LogP contribution in [0.5, 0.6) is 0 Å². The van der Waals surface area contributed by atoms with Gasteiger partial charge in [0, 0.05) is 25.0 Å². The van der Waals surface area contributed by atoms with Crippen LogP contribution in [-0.4, -0.2) is 12.5 Å². The van der Waals surface area contributed by atoms with Gasteiger partial charge in [-0.25, -0.2) is 0 Å². The monoisotopic (exact) mass is 239 g/mol. The highest BCUT2D eigenvalue weighted by Gasteiger charge is 2.10. The Labute approximate surface area is 102 Å². The van der Waals surface area contributed by atoms with Crippen LogP contribution < -0.4 is 4.90 Å². The van der Waals surface area contributed by atoms with Gasteiger partial charge in [-0.1, -0.05) is 25.5 Å². The summed E-state index contributed by atoms with van der Waals surface area (Å²) in [5.74, 6) is 0.563. The molecule has 0 aliphatic carbocycles. The lowest BCUT2D eigenvalue weighted by atomic mass is 10.2. The van der Waals surface area contributed by atoms with Crippen molar-refractivity contribution in [2.45, 2.75) is 32.6 Å².